The Morgan fingerprint density at radius 2 is 1.71 bits per heavy atom. The molecule has 0 N–H and O–H groups in total. The molecule has 1 aliphatic rings. The molecular weight excluding hydrogens is 282 g/mol. The van der Waals surface area contributed by atoms with E-state index in [0.29, 0.717) is 11.1 Å². The van der Waals surface area contributed by atoms with Gasteiger partial charge in [0.15, 0.2) is 5.82 Å². The molecule has 1 saturated carbocycles. The summed E-state index contributed by atoms with van der Waals surface area (Å²) in [6.07, 6.45) is 5.01. The van der Waals surface area contributed by atoms with Gasteiger partial charge in [-0.3, -0.25) is 0 Å². The Bertz CT molecular complexity index is 616. The van der Waals surface area contributed by atoms with E-state index in [0.717, 1.165) is 22.8 Å². The number of rotatable bonds is 3. The molecule has 1 aliphatic carbocycles. The molecule has 0 radical (unpaired) electrons. The fourth-order valence-corrected chi connectivity index (χ4v) is 3.10. The van der Waals surface area contributed by atoms with Crippen molar-refractivity contribution >= 4 is 17.3 Å². The molecule has 0 atom stereocenters. The number of halogens is 1. The van der Waals surface area contributed by atoms with E-state index in [9.17, 15) is 0 Å². The Morgan fingerprint density at radius 1 is 1.05 bits per heavy atom. The molecule has 0 unspecified atom stereocenters. The Kier molecular flexibility index (Phi) is 4.11. The number of anilines is 1. The minimum absolute atomic E-state index is 0.540. The smallest absolute Gasteiger partial charge is 0.161 e. The summed E-state index contributed by atoms with van der Waals surface area (Å²) in [5, 5.41) is 0.540. The maximum Gasteiger partial charge on any atom is 0.161 e. The van der Waals surface area contributed by atoms with Crippen molar-refractivity contribution in [3.8, 4) is 11.4 Å². The third kappa shape index (κ3) is 3.18. The van der Waals surface area contributed by atoms with Gasteiger partial charge >= 0.3 is 0 Å². The first-order valence-electron chi connectivity index (χ1n) is 7.46. The van der Waals surface area contributed by atoms with Crippen LogP contribution in [-0.4, -0.2) is 24.1 Å². The Hall–Kier alpha value is -1.61. The molecule has 2 aromatic rings. The van der Waals surface area contributed by atoms with Crippen LogP contribution in [0.2, 0.25) is 5.15 Å². The van der Waals surface area contributed by atoms with E-state index in [1.165, 1.54) is 25.7 Å². The molecule has 1 heterocycles. The largest absolute Gasteiger partial charge is 0.378 e. The van der Waals surface area contributed by atoms with Crippen LogP contribution < -0.4 is 4.90 Å². The van der Waals surface area contributed by atoms with Gasteiger partial charge in [-0.05, 0) is 43.2 Å². The van der Waals surface area contributed by atoms with Crippen LogP contribution >= 0.6 is 11.6 Å². The van der Waals surface area contributed by atoms with Crippen molar-refractivity contribution in [2.75, 3.05) is 19.0 Å². The summed E-state index contributed by atoms with van der Waals surface area (Å²) in [7, 11) is 4.06. The quantitative estimate of drug-likeness (QED) is 0.780. The molecule has 1 aromatic heterocycles. The van der Waals surface area contributed by atoms with Gasteiger partial charge in [0, 0.05) is 37.0 Å². The minimum Gasteiger partial charge on any atom is -0.378 e. The maximum absolute atomic E-state index is 6.20. The van der Waals surface area contributed by atoms with Gasteiger partial charge in [0.05, 0.1) is 0 Å². The van der Waals surface area contributed by atoms with Crippen molar-refractivity contribution in [1.82, 2.24) is 9.97 Å². The van der Waals surface area contributed by atoms with E-state index in [1.807, 2.05) is 20.2 Å². The highest BCUT2D eigenvalue weighted by atomic mass is 35.5. The second-order valence-corrected chi connectivity index (χ2v) is 6.25. The molecule has 21 heavy (non-hydrogen) atoms. The Labute approximate surface area is 131 Å². The van der Waals surface area contributed by atoms with Gasteiger partial charge in [0.25, 0.3) is 0 Å². The average Bonchev–Trinajstić information content (AvgIpc) is 3.01. The fraction of sp³-hybridized carbons (Fsp3) is 0.412. The van der Waals surface area contributed by atoms with E-state index in [4.69, 9.17) is 16.6 Å². The third-order valence-corrected chi connectivity index (χ3v) is 4.32. The fourth-order valence-electron chi connectivity index (χ4n) is 2.90. The van der Waals surface area contributed by atoms with Crippen LogP contribution in [0.4, 0.5) is 5.69 Å². The molecule has 110 valence electrons. The first-order valence-corrected chi connectivity index (χ1v) is 7.83. The average molecular weight is 302 g/mol. The lowest BCUT2D eigenvalue weighted by atomic mass is 10.0. The van der Waals surface area contributed by atoms with Crippen molar-refractivity contribution in [2.24, 2.45) is 0 Å². The van der Waals surface area contributed by atoms with Gasteiger partial charge < -0.3 is 4.90 Å². The highest BCUT2D eigenvalue weighted by Crippen LogP contribution is 2.34. The van der Waals surface area contributed by atoms with Crippen LogP contribution in [-0.2, 0) is 0 Å². The molecule has 3 nitrogen and oxygen atoms in total. The molecule has 0 amide bonds. The van der Waals surface area contributed by atoms with Gasteiger partial charge in [-0.1, -0.05) is 24.4 Å². The van der Waals surface area contributed by atoms with Crippen molar-refractivity contribution in [1.29, 1.82) is 0 Å². The van der Waals surface area contributed by atoms with Crippen molar-refractivity contribution in [2.45, 2.75) is 31.6 Å². The van der Waals surface area contributed by atoms with Gasteiger partial charge in [0.2, 0.25) is 0 Å². The number of benzene rings is 1. The van der Waals surface area contributed by atoms with E-state index in [2.05, 4.69) is 34.1 Å². The van der Waals surface area contributed by atoms with Gasteiger partial charge in [0.1, 0.15) is 5.15 Å². The van der Waals surface area contributed by atoms with E-state index >= 15 is 0 Å². The van der Waals surface area contributed by atoms with Gasteiger partial charge in [-0.15, -0.1) is 0 Å². The Balaban J connectivity index is 1.93. The second kappa shape index (κ2) is 6.02. The predicted molar refractivity (Wildman–Crippen MR) is 88.0 cm³/mol. The lowest BCUT2D eigenvalue weighted by molar-refractivity contribution is 0.695. The maximum atomic E-state index is 6.20. The highest BCUT2D eigenvalue weighted by Gasteiger charge is 2.20. The summed E-state index contributed by atoms with van der Waals surface area (Å²) in [5.74, 6) is 1.28. The highest BCUT2D eigenvalue weighted by molar-refractivity contribution is 6.29. The molecule has 0 bridgehead atoms. The third-order valence-electron chi connectivity index (χ3n) is 4.13. The normalized spacial score (nSPS) is 15.4. The first kappa shape index (κ1) is 14.3. The molecular formula is C17H20ClN3. The molecule has 0 spiro atoms. The number of hydrogen-bond acceptors (Lipinski definition) is 3. The summed E-state index contributed by atoms with van der Waals surface area (Å²) < 4.78 is 0. The molecule has 1 fully saturated rings. The Morgan fingerprint density at radius 3 is 2.33 bits per heavy atom. The summed E-state index contributed by atoms with van der Waals surface area (Å²) >= 11 is 6.20. The van der Waals surface area contributed by atoms with E-state index in [1.54, 1.807) is 0 Å². The number of hydrogen-bond donors (Lipinski definition) is 0. The molecule has 4 heteroatoms. The van der Waals surface area contributed by atoms with Crippen LogP contribution in [0.15, 0.2) is 30.3 Å². The standard InChI is InChI=1S/C17H20ClN3/c1-21(2)14-9-7-13(8-10-14)17-19-15(11-16(18)20-17)12-5-3-4-6-12/h7-12H,3-6H2,1-2H3. The number of aromatic nitrogens is 2. The summed E-state index contributed by atoms with van der Waals surface area (Å²) in [4.78, 5) is 11.2. The molecule has 0 saturated heterocycles. The summed E-state index contributed by atoms with van der Waals surface area (Å²) in [5.41, 5.74) is 3.28. The monoisotopic (exact) mass is 301 g/mol. The summed E-state index contributed by atoms with van der Waals surface area (Å²) in [6, 6.07) is 10.2. The second-order valence-electron chi connectivity index (χ2n) is 5.86. The van der Waals surface area contributed by atoms with E-state index in [-0.39, 0.29) is 0 Å². The zero-order valence-corrected chi connectivity index (χ0v) is 13.3. The first-order chi connectivity index (χ1) is 10.1. The van der Waals surface area contributed by atoms with Gasteiger partial charge in [-0.25, -0.2) is 9.97 Å². The van der Waals surface area contributed by atoms with Gasteiger partial charge in [-0.2, -0.15) is 0 Å². The summed E-state index contributed by atoms with van der Waals surface area (Å²) in [6.45, 7) is 0. The molecule has 0 aliphatic heterocycles. The van der Waals surface area contributed by atoms with Crippen molar-refractivity contribution in [3.05, 3.63) is 41.2 Å². The van der Waals surface area contributed by atoms with Crippen LogP contribution in [0.5, 0.6) is 0 Å². The molecule has 1 aromatic carbocycles. The lowest BCUT2D eigenvalue weighted by Gasteiger charge is -2.13. The molecule has 3 rings (SSSR count). The predicted octanol–water partition coefficient (Wildman–Crippen LogP) is 4.52. The zero-order valence-electron chi connectivity index (χ0n) is 12.5. The lowest BCUT2D eigenvalue weighted by Crippen LogP contribution is -2.08. The SMILES string of the molecule is CN(C)c1ccc(-c2nc(Cl)cc(C3CCCC3)n2)cc1. The van der Waals surface area contributed by atoms with Crippen molar-refractivity contribution in [3.63, 3.8) is 0 Å². The minimum atomic E-state index is 0.540. The van der Waals surface area contributed by atoms with Crippen LogP contribution in [0.1, 0.15) is 37.3 Å². The van der Waals surface area contributed by atoms with Crippen molar-refractivity contribution < 1.29 is 0 Å². The zero-order chi connectivity index (χ0) is 14.8. The van der Waals surface area contributed by atoms with Crippen LogP contribution in [0.3, 0.4) is 0 Å². The topological polar surface area (TPSA) is 29.0 Å². The van der Waals surface area contributed by atoms with E-state index < -0.39 is 0 Å². The number of nitrogens with zero attached hydrogens (tertiary/aromatic N) is 3. The van der Waals surface area contributed by atoms with Crippen LogP contribution in [0, 0.1) is 0 Å². The van der Waals surface area contributed by atoms with Crippen LogP contribution in [0.25, 0.3) is 11.4 Å².